The van der Waals surface area contributed by atoms with Gasteiger partial charge >= 0.3 is 0 Å². The van der Waals surface area contributed by atoms with Crippen molar-refractivity contribution in [2.24, 2.45) is 0 Å². The molecule has 0 unspecified atom stereocenters. The Morgan fingerprint density at radius 1 is 0.900 bits per heavy atom. The fraction of sp³-hybridized carbons (Fsp3) is 0. The molecular formula is C12H6F2N2O4. The normalized spacial score (nSPS) is 10.3. The Morgan fingerprint density at radius 2 is 1.45 bits per heavy atom. The first-order valence-electron chi connectivity index (χ1n) is 5.28. The molecule has 20 heavy (non-hydrogen) atoms. The molecule has 0 amide bonds. The van der Waals surface area contributed by atoms with Gasteiger partial charge in [0.25, 0.3) is 11.4 Å². The van der Waals surface area contributed by atoms with E-state index >= 15 is 0 Å². The third kappa shape index (κ3) is 2.44. The van der Waals surface area contributed by atoms with E-state index in [-0.39, 0.29) is 11.1 Å². The number of halogens is 2. The van der Waals surface area contributed by atoms with Crippen molar-refractivity contribution in [2.45, 2.75) is 0 Å². The summed E-state index contributed by atoms with van der Waals surface area (Å²) in [6, 6.07) is 5.92. The molecule has 102 valence electrons. The van der Waals surface area contributed by atoms with Crippen molar-refractivity contribution in [3.05, 3.63) is 68.3 Å². The quantitative estimate of drug-likeness (QED) is 0.636. The molecule has 0 bridgehead atoms. The molecule has 0 saturated carbocycles. The van der Waals surface area contributed by atoms with E-state index in [9.17, 15) is 29.0 Å². The van der Waals surface area contributed by atoms with Crippen LogP contribution in [-0.4, -0.2) is 9.85 Å². The molecule has 0 heterocycles. The molecule has 0 spiro atoms. The van der Waals surface area contributed by atoms with Crippen LogP contribution < -0.4 is 0 Å². The number of nitro groups is 2. The predicted molar refractivity (Wildman–Crippen MR) is 65.1 cm³/mol. The standard InChI is InChI=1S/C12H6F2N2O4/c13-11-3-1-2-10(12(11)14)7-4-8(15(17)18)6-9(5-7)16(19)20/h1-6H. The third-order valence-electron chi connectivity index (χ3n) is 2.59. The molecule has 0 aliphatic rings. The summed E-state index contributed by atoms with van der Waals surface area (Å²) in [7, 11) is 0. The highest BCUT2D eigenvalue weighted by Crippen LogP contribution is 2.31. The Kier molecular flexibility index (Phi) is 3.38. The number of nitrogens with zero attached hydrogens (tertiary/aromatic N) is 2. The molecule has 0 aliphatic carbocycles. The summed E-state index contributed by atoms with van der Waals surface area (Å²) in [5, 5.41) is 21.5. The van der Waals surface area contributed by atoms with E-state index in [1.54, 1.807) is 0 Å². The third-order valence-corrected chi connectivity index (χ3v) is 2.59. The fourth-order valence-corrected chi connectivity index (χ4v) is 1.69. The zero-order valence-electron chi connectivity index (χ0n) is 9.75. The summed E-state index contributed by atoms with van der Waals surface area (Å²) in [4.78, 5) is 19.8. The van der Waals surface area contributed by atoms with Crippen molar-refractivity contribution in [1.82, 2.24) is 0 Å². The monoisotopic (exact) mass is 280 g/mol. The molecule has 0 radical (unpaired) electrons. The molecule has 0 aromatic heterocycles. The highest BCUT2D eigenvalue weighted by atomic mass is 19.2. The number of hydrogen-bond acceptors (Lipinski definition) is 4. The van der Waals surface area contributed by atoms with Gasteiger partial charge in [0, 0.05) is 17.7 Å². The SMILES string of the molecule is O=[N+]([O-])c1cc(-c2cccc(F)c2F)cc([N+](=O)[O-])c1. The van der Waals surface area contributed by atoms with Gasteiger partial charge in [-0.05, 0) is 11.6 Å². The first-order chi connectivity index (χ1) is 9.40. The van der Waals surface area contributed by atoms with Crippen LogP contribution >= 0.6 is 0 Å². The Hall–Kier alpha value is -2.90. The summed E-state index contributed by atoms with van der Waals surface area (Å²) >= 11 is 0. The minimum absolute atomic E-state index is 0.136. The lowest BCUT2D eigenvalue weighted by atomic mass is 10.0. The number of nitro benzene ring substituents is 2. The fourth-order valence-electron chi connectivity index (χ4n) is 1.69. The molecule has 2 aromatic rings. The van der Waals surface area contributed by atoms with Gasteiger partial charge in [-0.2, -0.15) is 0 Å². The minimum Gasteiger partial charge on any atom is -0.258 e. The van der Waals surface area contributed by atoms with Gasteiger partial charge in [0.2, 0.25) is 0 Å². The smallest absolute Gasteiger partial charge is 0.258 e. The van der Waals surface area contributed by atoms with Crippen molar-refractivity contribution in [3.8, 4) is 11.1 Å². The molecule has 8 heteroatoms. The average molecular weight is 280 g/mol. The van der Waals surface area contributed by atoms with Crippen LogP contribution in [0.15, 0.2) is 36.4 Å². The van der Waals surface area contributed by atoms with Gasteiger partial charge in [0.1, 0.15) is 0 Å². The van der Waals surface area contributed by atoms with Crippen LogP contribution in [0.3, 0.4) is 0 Å². The molecule has 2 rings (SSSR count). The van der Waals surface area contributed by atoms with E-state index in [2.05, 4.69) is 0 Å². The second-order valence-corrected chi connectivity index (χ2v) is 3.85. The van der Waals surface area contributed by atoms with Crippen molar-refractivity contribution in [1.29, 1.82) is 0 Å². The van der Waals surface area contributed by atoms with Crippen molar-refractivity contribution in [3.63, 3.8) is 0 Å². The number of rotatable bonds is 3. The first-order valence-corrected chi connectivity index (χ1v) is 5.28. The molecule has 0 fully saturated rings. The summed E-state index contributed by atoms with van der Waals surface area (Å²) in [6.45, 7) is 0. The summed E-state index contributed by atoms with van der Waals surface area (Å²) in [5.74, 6) is -2.36. The van der Waals surface area contributed by atoms with Crippen LogP contribution in [0.4, 0.5) is 20.2 Å². The van der Waals surface area contributed by atoms with E-state index in [1.807, 2.05) is 0 Å². The summed E-state index contributed by atoms with van der Waals surface area (Å²) < 4.78 is 26.8. The van der Waals surface area contributed by atoms with Crippen LogP contribution in [-0.2, 0) is 0 Å². The molecule has 0 aliphatic heterocycles. The average Bonchev–Trinajstić information content (AvgIpc) is 2.41. The van der Waals surface area contributed by atoms with E-state index in [1.165, 1.54) is 12.1 Å². The first kappa shape index (κ1) is 13.5. The minimum atomic E-state index is -1.22. The number of benzene rings is 2. The molecular weight excluding hydrogens is 274 g/mol. The molecule has 0 atom stereocenters. The zero-order chi connectivity index (χ0) is 14.9. The van der Waals surface area contributed by atoms with E-state index in [0.29, 0.717) is 0 Å². The van der Waals surface area contributed by atoms with Gasteiger partial charge in [0.05, 0.1) is 15.9 Å². The maximum absolute atomic E-state index is 13.6. The molecule has 6 nitrogen and oxygen atoms in total. The topological polar surface area (TPSA) is 86.3 Å². The van der Waals surface area contributed by atoms with Crippen molar-refractivity contribution < 1.29 is 18.6 Å². The van der Waals surface area contributed by atoms with Gasteiger partial charge in [-0.15, -0.1) is 0 Å². The van der Waals surface area contributed by atoms with Crippen LogP contribution in [0.2, 0.25) is 0 Å². The maximum atomic E-state index is 13.6. The lowest BCUT2D eigenvalue weighted by Gasteiger charge is -2.04. The van der Waals surface area contributed by atoms with Gasteiger partial charge < -0.3 is 0 Å². The Morgan fingerprint density at radius 3 is 1.95 bits per heavy atom. The van der Waals surface area contributed by atoms with Crippen LogP contribution in [0.25, 0.3) is 11.1 Å². The van der Waals surface area contributed by atoms with E-state index in [4.69, 9.17) is 0 Å². The zero-order valence-corrected chi connectivity index (χ0v) is 9.75. The molecule has 2 aromatic carbocycles. The lowest BCUT2D eigenvalue weighted by molar-refractivity contribution is -0.394. The number of hydrogen-bond donors (Lipinski definition) is 0. The second kappa shape index (κ2) is 5.00. The highest BCUT2D eigenvalue weighted by molar-refractivity contribution is 5.70. The van der Waals surface area contributed by atoms with Crippen LogP contribution in [0.5, 0.6) is 0 Å². The Labute approximate surface area is 110 Å². The van der Waals surface area contributed by atoms with Crippen LogP contribution in [0.1, 0.15) is 0 Å². The van der Waals surface area contributed by atoms with E-state index < -0.39 is 32.9 Å². The van der Waals surface area contributed by atoms with Crippen LogP contribution in [0, 0.1) is 31.9 Å². The van der Waals surface area contributed by atoms with Gasteiger partial charge in [0.15, 0.2) is 11.6 Å². The maximum Gasteiger partial charge on any atom is 0.276 e. The summed E-state index contributed by atoms with van der Waals surface area (Å²) in [5.41, 5.74) is -1.56. The lowest BCUT2D eigenvalue weighted by Crippen LogP contribution is -1.95. The Balaban J connectivity index is 2.70. The van der Waals surface area contributed by atoms with Crippen molar-refractivity contribution >= 4 is 11.4 Å². The van der Waals surface area contributed by atoms with Gasteiger partial charge in [-0.3, -0.25) is 20.2 Å². The van der Waals surface area contributed by atoms with Gasteiger partial charge in [-0.25, -0.2) is 8.78 Å². The molecule has 0 N–H and O–H groups in total. The van der Waals surface area contributed by atoms with Gasteiger partial charge in [-0.1, -0.05) is 12.1 Å². The molecule has 0 saturated heterocycles. The summed E-state index contributed by atoms with van der Waals surface area (Å²) in [6.07, 6.45) is 0. The largest absolute Gasteiger partial charge is 0.276 e. The highest BCUT2D eigenvalue weighted by Gasteiger charge is 2.19. The Bertz CT molecular complexity index is 686. The number of non-ortho nitro benzene ring substituents is 2. The second-order valence-electron chi connectivity index (χ2n) is 3.85. The van der Waals surface area contributed by atoms with E-state index in [0.717, 1.165) is 24.3 Å². The predicted octanol–water partition coefficient (Wildman–Crippen LogP) is 3.45. The van der Waals surface area contributed by atoms with Crippen molar-refractivity contribution in [2.75, 3.05) is 0 Å².